The Morgan fingerprint density at radius 3 is 1.91 bits per heavy atom. The molecule has 0 aliphatic carbocycles. The summed E-state index contributed by atoms with van der Waals surface area (Å²) in [5, 5.41) is 10.3. The van der Waals surface area contributed by atoms with Crippen LogP contribution in [0.4, 0.5) is 0 Å². The number of hydrogen-bond donors (Lipinski definition) is 0. The maximum absolute atomic E-state index is 10.3. The molecule has 0 amide bonds. The first-order valence-electron chi connectivity index (χ1n) is 3.15. The molecule has 3 heteroatoms. The van der Waals surface area contributed by atoms with E-state index in [9.17, 15) is 9.90 Å². The molecule has 0 aromatic rings. The molecule has 0 fully saturated rings. The standard InChI is InChI=1S/C8H12O2.Bi/c1-3-5-7(6-4-2)8(9)10;/h3-4,7H,1-2,5-6H2,(H,9,10);/q;+3/p-1. The van der Waals surface area contributed by atoms with Crippen LogP contribution >= 0.6 is 0 Å². The van der Waals surface area contributed by atoms with E-state index in [-0.39, 0.29) is 26.2 Å². The average molecular weight is 348 g/mol. The van der Waals surface area contributed by atoms with Gasteiger partial charge < -0.3 is 9.90 Å². The van der Waals surface area contributed by atoms with E-state index >= 15 is 0 Å². The van der Waals surface area contributed by atoms with Gasteiger partial charge in [0.1, 0.15) is 0 Å². The molecule has 0 rings (SSSR count). The average Bonchev–Trinajstić information content (AvgIpc) is 1.87. The predicted octanol–water partition coefficient (Wildman–Crippen LogP) is 0.124. The van der Waals surface area contributed by atoms with Crippen molar-refractivity contribution in [1.29, 1.82) is 0 Å². The van der Waals surface area contributed by atoms with Crippen molar-refractivity contribution in [1.82, 2.24) is 0 Å². The van der Waals surface area contributed by atoms with Crippen LogP contribution in [-0.2, 0) is 4.79 Å². The summed E-state index contributed by atoms with van der Waals surface area (Å²) in [6.45, 7) is 6.88. The fourth-order valence-electron chi connectivity index (χ4n) is 0.691. The Kier molecular flexibility index (Phi) is 9.68. The molecule has 0 bridgehead atoms. The smallest absolute Gasteiger partial charge is 0.550 e. The van der Waals surface area contributed by atoms with E-state index in [0.29, 0.717) is 12.8 Å². The van der Waals surface area contributed by atoms with Gasteiger partial charge in [0, 0.05) is 11.9 Å². The van der Waals surface area contributed by atoms with Crippen LogP contribution in [0.1, 0.15) is 12.8 Å². The van der Waals surface area contributed by atoms with Crippen LogP contribution in [0, 0.1) is 5.92 Å². The second kappa shape index (κ2) is 7.93. The van der Waals surface area contributed by atoms with Crippen LogP contribution in [0.3, 0.4) is 0 Å². The maximum Gasteiger partial charge on any atom is 3.00 e. The zero-order valence-corrected chi connectivity index (χ0v) is 9.80. The minimum absolute atomic E-state index is 0. The summed E-state index contributed by atoms with van der Waals surface area (Å²) in [6.07, 6.45) is 4.05. The van der Waals surface area contributed by atoms with Gasteiger partial charge in [-0.1, -0.05) is 12.2 Å². The van der Waals surface area contributed by atoms with Gasteiger partial charge in [-0.2, -0.15) is 0 Å². The Labute approximate surface area is 86.1 Å². The Hall–Kier alpha value is -0.167. The summed E-state index contributed by atoms with van der Waals surface area (Å²) in [6, 6.07) is 0. The van der Waals surface area contributed by atoms with E-state index in [1.807, 2.05) is 0 Å². The Bertz CT molecular complexity index is 133. The zero-order valence-electron chi connectivity index (χ0n) is 6.32. The molecule has 0 atom stereocenters. The van der Waals surface area contributed by atoms with Gasteiger partial charge in [-0.25, -0.2) is 0 Å². The molecule has 0 unspecified atom stereocenters. The third kappa shape index (κ3) is 6.24. The van der Waals surface area contributed by atoms with Crippen LogP contribution in [-0.4, -0.2) is 32.2 Å². The van der Waals surface area contributed by atoms with E-state index in [4.69, 9.17) is 0 Å². The fourth-order valence-corrected chi connectivity index (χ4v) is 0.691. The SMILES string of the molecule is C=CCC(CC=C)C(=O)[O-].[Bi+3]. The molecule has 2 nitrogen and oxygen atoms in total. The number of carbonyl (C=O) groups is 1. The largest absolute Gasteiger partial charge is 3.00 e. The molecule has 0 N–H and O–H groups in total. The van der Waals surface area contributed by atoms with Gasteiger partial charge >= 0.3 is 26.2 Å². The molecule has 58 valence electrons. The molecule has 0 spiro atoms. The maximum atomic E-state index is 10.3. The fraction of sp³-hybridized carbons (Fsp3) is 0.375. The number of allylic oxidation sites excluding steroid dienone is 2. The molecule has 0 aliphatic rings. The Balaban J connectivity index is 0. The first-order chi connectivity index (χ1) is 4.72. The number of hydrogen-bond acceptors (Lipinski definition) is 2. The van der Waals surface area contributed by atoms with Crippen molar-refractivity contribution >= 4 is 32.2 Å². The van der Waals surface area contributed by atoms with E-state index in [1.54, 1.807) is 12.2 Å². The summed E-state index contributed by atoms with van der Waals surface area (Å²) >= 11 is 0. The van der Waals surface area contributed by atoms with Gasteiger partial charge in [0.15, 0.2) is 0 Å². The third-order valence-electron chi connectivity index (χ3n) is 1.24. The van der Waals surface area contributed by atoms with Crippen LogP contribution in [0.2, 0.25) is 0 Å². The van der Waals surface area contributed by atoms with Crippen molar-refractivity contribution in [2.45, 2.75) is 12.8 Å². The van der Waals surface area contributed by atoms with E-state index in [2.05, 4.69) is 13.2 Å². The Morgan fingerprint density at radius 1 is 1.36 bits per heavy atom. The van der Waals surface area contributed by atoms with E-state index < -0.39 is 11.9 Å². The summed E-state index contributed by atoms with van der Waals surface area (Å²) in [5.41, 5.74) is 0. The normalized spacial score (nSPS) is 8.45. The molecule has 0 heterocycles. The van der Waals surface area contributed by atoms with Crippen LogP contribution in [0.5, 0.6) is 0 Å². The van der Waals surface area contributed by atoms with Crippen LogP contribution in [0.25, 0.3) is 0 Å². The van der Waals surface area contributed by atoms with Gasteiger partial charge in [0.2, 0.25) is 0 Å². The van der Waals surface area contributed by atoms with Crippen LogP contribution in [0.15, 0.2) is 25.3 Å². The summed E-state index contributed by atoms with van der Waals surface area (Å²) in [5.74, 6) is -1.48. The molecule has 0 aliphatic heterocycles. The summed E-state index contributed by atoms with van der Waals surface area (Å²) in [4.78, 5) is 10.3. The first-order valence-corrected chi connectivity index (χ1v) is 3.15. The number of carboxylic acid groups (broad SMARTS) is 1. The molecule has 0 aromatic carbocycles. The third-order valence-corrected chi connectivity index (χ3v) is 1.24. The molecule has 11 heavy (non-hydrogen) atoms. The van der Waals surface area contributed by atoms with Crippen molar-refractivity contribution in [3.63, 3.8) is 0 Å². The second-order valence-corrected chi connectivity index (χ2v) is 2.06. The second-order valence-electron chi connectivity index (χ2n) is 2.06. The summed E-state index contributed by atoms with van der Waals surface area (Å²) < 4.78 is 0. The first kappa shape index (κ1) is 13.4. The quantitative estimate of drug-likeness (QED) is 0.523. The van der Waals surface area contributed by atoms with Gasteiger partial charge in [-0.15, -0.1) is 13.2 Å². The number of carbonyl (C=O) groups excluding carboxylic acids is 1. The van der Waals surface area contributed by atoms with Crippen LogP contribution < -0.4 is 5.11 Å². The van der Waals surface area contributed by atoms with Crippen molar-refractivity contribution in [3.05, 3.63) is 25.3 Å². The van der Waals surface area contributed by atoms with Crippen molar-refractivity contribution in [3.8, 4) is 0 Å². The number of carboxylic acids is 1. The minimum Gasteiger partial charge on any atom is -0.550 e. The van der Waals surface area contributed by atoms with E-state index in [1.165, 1.54) is 0 Å². The van der Waals surface area contributed by atoms with Crippen molar-refractivity contribution in [2.75, 3.05) is 0 Å². The van der Waals surface area contributed by atoms with Gasteiger partial charge in [-0.05, 0) is 12.8 Å². The van der Waals surface area contributed by atoms with Gasteiger partial charge in [-0.3, -0.25) is 0 Å². The molecule has 0 aromatic heterocycles. The minimum atomic E-state index is -1.03. The zero-order chi connectivity index (χ0) is 7.98. The summed E-state index contributed by atoms with van der Waals surface area (Å²) in [7, 11) is 0. The molecule has 0 saturated carbocycles. The molecule has 2 radical (unpaired) electrons. The number of rotatable bonds is 5. The van der Waals surface area contributed by atoms with Gasteiger partial charge in [0.25, 0.3) is 0 Å². The van der Waals surface area contributed by atoms with E-state index in [0.717, 1.165) is 0 Å². The van der Waals surface area contributed by atoms with Crippen molar-refractivity contribution < 1.29 is 9.90 Å². The van der Waals surface area contributed by atoms with Crippen molar-refractivity contribution in [2.24, 2.45) is 5.92 Å². The topological polar surface area (TPSA) is 40.1 Å². The molecular formula is C8H11BiO2+2. The van der Waals surface area contributed by atoms with Gasteiger partial charge in [0.05, 0.1) is 0 Å². The monoisotopic (exact) mass is 348 g/mol. The Morgan fingerprint density at radius 2 is 1.73 bits per heavy atom. The molecule has 0 saturated heterocycles. The predicted molar refractivity (Wildman–Crippen MR) is 43.9 cm³/mol. The number of aliphatic carboxylic acids is 1. The molecular weight excluding hydrogens is 337 g/mol.